The normalized spacial score (nSPS) is 10.3. The Balaban J connectivity index is 1.61. The highest BCUT2D eigenvalue weighted by Gasteiger charge is 2.10. The van der Waals surface area contributed by atoms with Gasteiger partial charge in [-0.25, -0.2) is 9.67 Å². The van der Waals surface area contributed by atoms with Gasteiger partial charge in [-0.05, 0) is 46.3 Å². The van der Waals surface area contributed by atoms with Crippen molar-refractivity contribution in [2.24, 2.45) is 0 Å². The molecule has 116 valence electrons. The van der Waals surface area contributed by atoms with Crippen molar-refractivity contribution in [1.82, 2.24) is 30.6 Å². The van der Waals surface area contributed by atoms with E-state index in [1.807, 2.05) is 0 Å². The lowest BCUT2D eigenvalue weighted by Gasteiger charge is -2.07. The van der Waals surface area contributed by atoms with Crippen molar-refractivity contribution < 1.29 is 9.59 Å². The number of aromatic amines is 1. The highest BCUT2D eigenvalue weighted by Crippen LogP contribution is 2.10. The number of rotatable bonds is 3. The zero-order valence-electron chi connectivity index (χ0n) is 11.7. The standard InChI is InChI=1S/C14H11BrN6O2/c15-10-5-12(17-6-10)14(23)20-19-13(22)9-1-3-11(4-2-9)21-8-16-7-18-21/h1-8,17H,(H,19,22)(H,20,23). The van der Waals surface area contributed by atoms with E-state index in [4.69, 9.17) is 0 Å². The largest absolute Gasteiger partial charge is 0.356 e. The van der Waals surface area contributed by atoms with E-state index in [1.165, 1.54) is 6.33 Å². The first kappa shape index (κ1) is 15.0. The van der Waals surface area contributed by atoms with Gasteiger partial charge in [0.25, 0.3) is 11.8 Å². The van der Waals surface area contributed by atoms with Gasteiger partial charge in [0, 0.05) is 16.2 Å². The molecule has 0 saturated heterocycles. The maximum absolute atomic E-state index is 12.0. The number of benzene rings is 1. The van der Waals surface area contributed by atoms with E-state index < -0.39 is 11.8 Å². The molecule has 23 heavy (non-hydrogen) atoms. The average molecular weight is 375 g/mol. The van der Waals surface area contributed by atoms with Crippen LogP contribution in [0.1, 0.15) is 20.8 Å². The minimum absolute atomic E-state index is 0.332. The van der Waals surface area contributed by atoms with Gasteiger partial charge in [0.15, 0.2) is 0 Å². The van der Waals surface area contributed by atoms with Crippen molar-refractivity contribution in [3.63, 3.8) is 0 Å². The first-order valence-corrected chi connectivity index (χ1v) is 7.32. The molecular weight excluding hydrogens is 364 g/mol. The smallest absolute Gasteiger partial charge is 0.286 e. The van der Waals surface area contributed by atoms with Crippen LogP contribution in [-0.2, 0) is 0 Å². The number of hydrogen-bond donors (Lipinski definition) is 3. The van der Waals surface area contributed by atoms with Gasteiger partial charge in [0.1, 0.15) is 18.3 Å². The molecule has 1 aromatic carbocycles. The van der Waals surface area contributed by atoms with Crippen LogP contribution in [0, 0.1) is 0 Å². The number of nitrogens with one attached hydrogen (secondary N) is 3. The van der Waals surface area contributed by atoms with Gasteiger partial charge in [-0.1, -0.05) is 0 Å². The quantitative estimate of drug-likeness (QED) is 0.603. The predicted octanol–water partition coefficient (Wildman–Crippen LogP) is 1.43. The monoisotopic (exact) mass is 374 g/mol. The topological polar surface area (TPSA) is 105 Å². The third kappa shape index (κ3) is 3.46. The Morgan fingerprint density at radius 2 is 1.87 bits per heavy atom. The number of carbonyl (C=O) groups excluding carboxylic acids is 2. The summed E-state index contributed by atoms with van der Waals surface area (Å²) in [7, 11) is 0. The zero-order valence-corrected chi connectivity index (χ0v) is 13.2. The van der Waals surface area contributed by atoms with Crippen LogP contribution in [0.4, 0.5) is 0 Å². The van der Waals surface area contributed by atoms with Gasteiger partial charge in [-0.15, -0.1) is 0 Å². The minimum Gasteiger partial charge on any atom is -0.356 e. The molecule has 8 nitrogen and oxygen atoms in total. The second-order valence-corrected chi connectivity index (χ2v) is 5.44. The molecule has 3 N–H and O–H groups in total. The summed E-state index contributed by atoms with van der Waals surface area (Å²) in [5.41, 5.74) is 6.20. The van der Waals surface area contributed by atoms with Crippen LogP contribution in [0.3, 0.4) is 0 Å². The molecule has 0 radical (unpaired) electrons. The Hall–Kier alpha value is -2.94. The molecule has 0 unspecified atom stereocenters. The molecule has 0 aliphatic carbocycles. The number of hydrogen-bond acceptors (Lipinski definition) is 4. The molecule has 0 saturated carbocycles. The molecular formula is C14H11BrN6O2. The van der Waals surface area contributed by atoms with E-state index in [1.54, 1.807) is 47.5 Å². The van der Waals surface area contributed by atoms with Crippen LogP contribution in [0.5, 0.6) is 0 Å². The summed E-state index contributed by atoms with van der Waals surface area (Å²) in [5.74, 6) is -0.864. The second-order valence-electron chi connectivity index (χ2n) is 4.53. The van der Waals surface area contributed by atoms with Gasteiger partial charge in [0.05, 0.1) is 5.69 Å². The number of nitrogens with zero attached hydrogens (tertiary/aromatic N) is 3. The molecule has 0 fully saturated rings. The number of hydrazine groups is 1. The maximum Gasteiger partial charge on any atom is 0.286 e. The van der Waals surface area contributed by atoms with E-state index in [2.05, 4.69) is 41.8 Å². The lowest BCUT2D eigenvalue weighted by molar-refractivity contribution is 0.0844. The summed E-state index contributed by atoms with van der Waals surface area (Å²) in [4.78, 5) is 30.4. The van der Waals surface area contributed by atoms with Crippen LogP contribution in [-0.4, -0.2) is 31.6 Å². The summed E-state index contributed by atoms with van der Waals surface area (Å²) in [6.07, 6.45) is 4.61. The Bertz CT molecular complexity index is 825. The van der Waals surface area contributed by atoms with E-state index in [9.17, 15) is 9.59 Å². The van der Waals surface area contributed by atoms with Crippen LogP contribution >= 0.6 is 15.9 Å². The van der Waals surface area contributed by atoms with Crippen molar-refractivity contribution >= 4 is 27.7 Å². The Morgan fingerprint density at radius 3 is 2.48 bits per heavy atom. The summed E-state index contributed by atoms with van der Waals surface area (Å²) in [6, 6.07) is 8.32. The number of aromatic nitrogens is 4. The summed E-state index contributed by atoms with van der Waals surface area (Å²) in [5, 5.41) is 4.00. The van der Waals surface area contributed by atoms with E-state index >= 15 is 0 Å². The molecule has 0 aliphatic heterocycles. The molecule has 9 heteroatoms. The Labute approximate surface area is 139 Å². The first-order chi connectivity index (χ1) is 11.1. The third-order valence-electron chi connectivity index (χ3n) is 2.99. The Morgan fingerprint density at radius 1 is 1.13 bits per heavy atom. The summed E-state index contributed by atoms with van der Waals surface area (Å²) >= 11 is 3.23. The fraction of sp³-hybridized carbons (Fsp3) is 0. The minimum atomic E-state index is -0.441. The zero-order chi connectivity index (χ0) is 16.2. The molecule has 2 amide bonds. The first-order valence-electron chi connectivity index (χ1n) is 6.53. The molecule has 0 spiro atoms. The summed E-state index contributed by atoms with van der Waals surface area (Å²) < 4.78 is 2.32. The van der Waals surface area contributed by atoms with Crippen LogP contribution in [0.25, 0.3) is 5.69 Å². The van der Waals surface area contributed by atoms with Crippen molar-refractivity contribution in [2.75, 3.05) is 0 Å². The van der Waals surface area contributed by atoms with Crippen LogP contribution in [0.15, 0.2) is 53.7 Å². The molecule has 2 aromatic heterocycles. The average Bonchev–Trinajstić information content (AvgIpc) is 3.24. The molecule has 2 heterocycles. The van der Waals surface area contributed by atoms with E-state index in [-0.39, 0.29) is 0 Å². The predicted molar refractivity (Wildman–Crippen MR) is 84.8 cm³/mol. The fourth-order valence-electron chi connectivity index (χ4n) is 1.86. The highest BCUT2D eigenvalue weighted by molar-refractivity contribution is 9.10. The Kier molecular flexibility index (Phi) is 4.20. The van der Waals surface area contributed by atoms with Gasteiger partial charge in [-0.3, -0.25) is 20.4 Å². The van der Waals surface area contributed by atoms with E-state index in [0.29, 0.717) is 11.3 Å². The van der Waals surface area contributed by atoms with Crippen molar-refractivity contribution in [3.05, 3.63) is 64.9 Å². The van der Waals surface area contributed by atoms with Gasteiger partial charge < -0.3 is 4.98 Å². The molecule has 0 atom stereocenters. The van der Waals surface area contributed by atoms with Gasteiger partial charge in [-0.2, -0.15) is 5.10 Å². The fourth-order valence-corrected chi connectivity index (χ4v) is 2.20. The van der Waals surface area contributed by atoms with Gasteiger partial charge >= 0.3 is 0 Å². The number of carbonyl (C=O) groups is 2. The van der Waals surface area contributed by atoms with Crippen molar-refractivity contribution in [3.8, 4) is 5.69 Å². The molecule has 0 bridgehead atoms. The number of amides is 2. The molecule has 0 aliphatic rings. The maximum atomic E-state index is 12.0. The lowest BCUT2D eigenvalue weighted by Crippen LogP contribution is -2.41. The number of H-pyrrole nitrogens is 1. The number of halogens is 1. The third-order valence-corrected chi connectivity index (χ3v) is 3.45. The van der Waals surface area contributed by atoms with Crippen LogP contribution in [0.2, 0.25) is 0 Å². The summed E-state index contributed by atoms with van der Waals surface area (Å²) in [6.45, 7) is 0. The highest BCUT2D eigenvalue weighted by atomic mass is 79.9. The molecule has 3 rings (SSSR count). The van der Waals surface area contributed by atoms with E-state index in [0.717, 1.165) is 10.2 Å². The lowest BCUT2D eigenvalue weighted by atomic mass is 10.2. The van der Waals surface area contributed by atoms with Crippen molar-refractivity contribution in [1.29, 1.82) is 0 Å². The van der Waals surface area contributed by atoms with Crippen molar-refractivity contribution in [2.45, 2.75) is 0 Å². The second kappa shape index (κ2) is 6.44. The molecule has 3 aromatic rings. The van der Waals surface area contributed by atoms with Crippen LogP contribution < -0.4 is 10.9 Å². The van der Waals surface area contributed by atoms with Gasteiger partial charge in [0.2, 0.25) is 0 Å². The SMILES string of the molecule is O=C(NNC(=O)c1cc(Br)c[nH]1)c1ccc(-n2cncn2)cc1.